The van der Waals surface area contributed by atoms with Gasteiger partial charge in [-0.25, -0.2) is 0 Å². The van der Waals surface area contributed by atoms with Gasteiger partial charge in [-0.15, -0.1) is 0 Å². The van der Waals surface area contributed by atoms with Crippen molar-refractivity contribution in [3.63, 3.8) is 0 Å². The Balaban J connectivity index is 1.45. The van der Waals surface area contributed by atoms with Crippen molar-refractivity contribution < 1.29 is 49.7 Å². The average Bonchev–Trinajstić information content (AvgIpc) is 3.70. The van der Waals surface area contributed by atoms with E-state index in [-0.39, 0.29) is 43.8 Å². The molecule has 0 fully saturated rings. The summed E-state index contributed by atoms with van der Waals surface area (Å²) in [5, 5.41) is 94.1. The second-order valence-corrected chi connectivity index (χ2v) is 12.3. The van der Waals surface area contributed by atoms with Crippen molar-refractivity contribution >= 4 is 76.2 Å². The van der Waals surface area contributed by atoms with Crippen LogP contribution in [0.2, 0.25) is 0 Å². The Hall–Kier alpha value is -7.20. The van der Waals surface area contributed by atoms with Gasteiger partial charge in [-0.3, -0.25) is 0 Å². The van der Waals surface area contributed by atoms with Gasteiger partial charge in [0.1, 0.15) is 22.3 Å². The van der Waals surface area contributed by atoms with E-state index in [0.717, 1.165) is 10.8 Å². The highest BCUT2D eigenvalue weighted by Gasteiger charge is 2.35. The Morgan fingerprint density at radius 3 is 1.06 bits per heavy atom. The van der Waals surface area contributed by atoms with Crippen LogP contribution >= 0.6 is 0 Å². The average molecular weight is 663 g/mol. The van der Waals surface area contributed by atoms with E-state index in [1.807, 2.05) is 36.4 Å². The normalized spacial score (nSPS) is 12.2. The Labute approximate surface area is 278 Å². The van der Waals surface area contributed by atoms with Crippen LogP contribution in [0.15, 0.2) is 93.8 Å². The molecule has 0 saturated heterocycles. The third-order valence-electron chi connectivity index (χ3n) is 9.89. The lowest BCUT2D eigenvalue weighted by atomic mass is 9.83. The van der Waals surface area contributed by atoms with Gasteiger partial charge in [0, 0.05) is 65.3 Å². The molecule has 10 heteroatoms. The highest BCUT2D eigenvalue weighted by atomic mass is 16.3. The van der Waals surface area contributed by atoms with Crippen molar-refractivity contribution in [2.45, 2.75) is 0 Å². The van der Waals surface area contributed by atoms with E-state index in [9.17, 15) is 40.9 Å². The summed E-state index contributed by atoms with van der Waals surface area (Å²) in [5.41, 5.74) is 1.80. The zero-order valence-electron chi connectivity index (χ0n) is 25.5. The predicted octanol–water partition coefficient (Wildman–Crippen LogP) is 9.36. The number of para-hydroxylation sites is 4. The number of hydrogen-bond acceptors (Lipinski definition) is 10. The molecule has 10 nitrogen and oxygen atoms in total. The van der Waals surface area contributed by atoms with Crippen molar-refractivity contribution in [2.24, 2.45) is 0 Å². The lowest BCUT2D eigenvalue weighted by Gasteiger charge is -2.23. The number of furan rings is 2. The summed E-state index contributed by atoms with van der Waals surface area (Å²) in [6, 6.07) is 24.7. The summed E-state index contributed by atoms with van der Waals surface area (Å²) < 4.78 is 12.4. The fraction of sp³-hybridized carbons (Fsp3) is 0. The van der Waals surface area contributed by atoms with Crippen LogP contribution in [0.5, 0.6) is 46.0 Å². The topological polar surface area (TPSA) is 188 Å². The maximum absolute atomic E-state index is 12.0. The Kier molecular flexibility index (Phi) is 5.15. The minimum atomic E-state index is -0.947. The minimum Gasteiger partial charge on any atom is -0.504 e. The molecular formula is C40H22O10. The molecule has 0 amide bonds. The van der Waals surface area contributed by atoms with Gasteiger partial charge in [0.05, 0.1) is 10.8 Å². The highest BCUT2D eigenvalue weighted by Crippen LogP contribution is 2.64. The van der Waals surface area contributed by atoms with E-state index >= 15 is 0 Å². The number of rotatable bonds is 2. The molecule has 0 radical (unpaired) electrons. The van der Waals surface area contributed by atoms with E-state index in [1.54, 1.807) is 48.5 Å². The quantitative estimate of drug-likeness (QED) is 0.0654. The number of benzene rings is 8. The van der Waals surface area contributed by atoms with E-state index in [2.05, 4.69) is 0 Å². The molecule has 50 heavy (non-hydrogen) atoms. The number of hydrogen-bond donors (Lipinski definition) is 8. The van der Waals surface area contributed by atoms with Crippen molar-refractivity contribution in [3.8, 4) is 68.2 Å². The van der Waals surface area contributed by atoms with Gasteiger partial charge in [-0.05, 0) is 12.1 Å². The summed E-state index contributed by atoms with van der Waals surface area (Å²) in [6.45, 7) is 0. The molecule has 0 atom stereocenters. The molecule has 8 N–H and O–H groups in total. The number of phenolic OH excluding ortho intramolecular Hbond substituents is 8. The van der Waals surface area contributed by atoms with Gasteiger partial charge in [-0.2, -0.15) is 0 Å². The van der Waals surface area contributed by atoms with E-state index in [0.29, 0.717) is 33.1 Å². The lowest BCUT2D eigenvalue weighted by Crippen LogP contribution is -1.95. The fourth-order valence-electron chi connectivity index (χ4n) is 7.77. The van der Waals surface area contributed by atoms with E-state index in [1.165, 1.54) is 0 Å². The number of phenols is 8. The molecule has 0 saturated carbocycles. The molecule has 10 aromatic rings. The molecule has 0 bridgehead atoms. The summed E-state index contributed by atoms with van der Waals surface area (Å²) in [4.78, 5) is 0. The van der Waals surface area contributed by atoms with Crippen molar-refractivity contribution in [3.05, 3.63) is 84.9 Å². The molecule has 0 unspecified atom stereocenters. The Morgan fingerprint density at radius 2 is 0.640 bits per heavy atom. The summed E-state index contributed by atoms with van der Waals surface area (Å²) in [7, 11) is 0. The van der Waals surface area contributed by atoms with Crippen LogP contribution < -0.4 is 0 Å². The Morgan fingerprint density at radius 1 is 0.300 bits per heavy atom. The third-order valence-corrected chi connectivity index (χ3v) is 9.89. The largest absolute Gasteiger partial charge is 0.504 e. The summed E-state index contributed by atoms with van der Waals surface area (Å²) in [5.74, 6) is -6.73. The van der Waals surface area contributed by atoms with Crippen LogP contribution in [0.25, 0.3) is 98.4 Å². The van der Waals surface area contributed by atoms with Crippen molar-refractivity contribution in [1.82, 2.24) is 0 Å². The van der Waals surface area contributed by atoms with Crippen molar-refractivity contribution in [1.29, 1.82) is 0 Å². The molecule has 8 aromatic carbocycles. The second kappa shape index (κ2) is 9.24. The van der Waals surface area contributed by atoms with Crippen LogP contribution in [0.3, 0.4) is 0 Å². The SMILES string of the molecule is Oc1c(O)c2c(O)c(O)c3c(O)c(O)c(-c4cccc5c4oc4ccccc45)c4c(O)c(O)c(c1-c1cccc5c1oc1ccccc15)c2c34. The van der Waals surface area contributed by atoms with Crippen LogP contribution in [-0.4, -0.2) is 40.9 Å². The fourth-order valence-corrected chi connectivity index (χ4v) is 7.77. The highest BCUT2D eigenvalue weighted by molar-refractivity contribution is 6.37. The van der Waals surface area contributed by atoms with Gasteiger partial charge < -0.3 is 49.7 Å². The first-order valence-corrected chi connectivity index (χ1v) is 15.5. The molecule has 0 aliphatic rings. The smallest absolute Gasteiger partial charge is 0.170 e. The molecule has 10 rings (SSSR count). The molecule has 0 aliphatic heterocycles. The number of aromatic hydroxyl groups is 8. The van der Waals surface area contributed by atoms with Gasteiger partial charge in [-0.1, -0.05) is 72.8 Å². The zero-order valence-corrected chi connectivity index (χ0v) is 25.5. The Bertz CT molecular complexity index is 2920. The molecular weight excluding hydrogens is 640 g/mol. The molecule has 0 spiro atoms. The second-order valence-electron chi connectivity index (χ2n) is 12.3. The van der Waals surface area contributed by atoms with Crippen LogP contribution in [0.4, 0.5) is 0 Å². The lowest BCUT2D eigenvalue weighted by molar-refractivity contribution is 0.391. The summed E-state index contributed by atoms with van der Waals surface area (Å²) >= 11 is 0. The first-order valence-electron chi connectivity index (χ1n) is 15.5. The predicted molar refractivity (Wildman–Crippen MR) is 189 cm³/mol. The molecule has 242 valence electrons. The zero-order chi connectivity index (χ0) is 34.3. The minimum absolute atomic E-state index is 0.132. The van der Waals surface area contributed by atoms with Gasteiger partial charge in [0.15, 0.2) is 46.0 Å². The number of fused-ring (bicyclic) bond motifs is 6. The van der Waals surface area contributed by atoms with Gasteiger partial charge in [0.25, 0.3) is 0 Å². The van der Waals surface area contributed by atoms with E-state index < -0.39 is 56.8 Å². The van der Waals surface area contributed by atoms with Gasteiger partial charge in [0.2, 0.25) is 0 Å². The van der Waals surface area contributed by atoms with Crippen LogP contribution in [0, 0.1) is 0 Å². The molecule has 2 heterocycles. The molecule has 2 aromatic heterocycles. The molecule has 0 aliphatic carbocycles. The monoisotopic (exact) mass is 662 g/mol. The van der Waals surface area contributed by atoms with Crippen molar-refractivity contribution in [2.75, 3.05) is 0 Å². The van der Waals surface area contributed by atoms with Gasteiger partial charge >= 0.3 is 0 Å². The van der Waals surface area contributed by atoms with E-state index in [4.69, 9.17) is 8.83 Å². The first kappa shape index (κ1) is 27.9. The maximum Gasteiger partial charge on any atom is 0.170 e. The first-order chi connectivity index (χ1) is 24.2. The third kappa shape index (κ3) is 3.17. The standard InChI is InChI=1S/C40H22O10/c41-31-23(19-11-5-9-17-15-7-1-3-13-21(15)49-39(17)19)27-25-26-28(34(44)33(27)43)24(32(42)36(46)30(26)38(48)37(47)29(25)35(31)45)20-12-6-10-18-16-8-2-4-14-22(16)50-40(18)20/h1-14,41-48H. The maximum atomic E-state index is 12.0. The van der Waals surface area contributed by atoms with Crippen LogP contribution in [-0.2, 0) is 0 Å². The summed E-state index contributed by atoms with van der Waals surface area (Å²) in [6.07, 6.45) is 0. The van der Waals surface area contributed by atoms with Crippen LogP contribution in [0.1, 0.15) is 0 Å².